The van der Waals surface area contributed by atoms with Gasteiger partial charge < -0.3 is 38.3 Å². The summed E-state index contributed by atoms with van der Waals surface area (Å²) in [5.74, 6) is -2.64. The minimum atomic E-state index is -1.26. The predicted molar refractivity (Wildman–Crippen MR) is 80.7 cm³/mol. The van der Waals surface area contributed by atoms with E-state index in [1.807, 2.05) is 13.8 Å². The molecule has 8 nitrogen and oxygen atoms in total. The average Bonchev–Trinajstić information content (AvgIpc) is 2.89. The molecule has 0 saturated carbocycles. The Balaban J connectivity index is 1.79. The highest BCUT2D eigenvalue weighted by molar-refractivity contribution is 5.01. The SMILES string of the molecule is COC(C)(C)OC(O)[C@@H]1OC(C)(C)O[C@@H]2[C@H]3OC(C)(C)O[C@H]3O[C@@H]21. The molecule has 3 aliphatic rings. The van der Waals surface area contributed by atoms with E-state index in [4.69, 9.17) is 33.2 Å². The summed E-state index contributed by atoms with van der Waals surface area (Å²) in [5, 5.41) is 10.5. The number of rotatable bonds is 4. The maximum absolute atomic E-state index is 10.5. The summed E-state index contributed by atoms with van der Waals surface area (Å²) in [7, 11) is 1.50. The Hall–Kier alpha value is -0.320. The van der Waals surface area contributed by atoms with Crippen molar-refractivity contribution in [3.63, 3.8) is 0 Å². The lowest BCUT2D eigenvalue weighted by Gasteiger charge is -2.45. The molecule has 0 amide bonds. The second-order valence-corrected chi connectivity index (χ2v) is 7.75. The second-order valence-electron chi connectivity index (χ2n) is 7.75. The lowest BCUT2D eigenvalue weighted by atomic mass is 10.0. The summed E-state index contributed by atoms with van der Waals surface area (Å²) in [5.41, 5.74) is 0. The van der Waals surface area contributed by atoms with Gasteiger partial charge in [-0.05, 0) is 41.5 Å². The number of fused-ring (bicyclic) bond motifs is 3. The van der Waals surface area contributed by atoms with Crippen LogP contribution in [0.5, 0.6) is 0 Å². The molecule has 0 bridgehead atoms. The maximum Gasteiger partial charge on any atom is 0.190 e. The van der Waals surface area contributed by atoms with Gasteiger partial charge in [0.1, 0.15) is 24.4 Å². The van der Waals surface area contributed by atoms with E-state index in [0.29, 0.717) is 0 Å². The molecule has 3 heterocycles. The van der Waals surface area contributed by atoms with Crippen LogP contribution < -0.4 is 0 Å². The van der Waals surface area contributed by atoms with Crippen LogP contribution in [0.4, 0.5) is 0 Å². The van der Waals surface area contributed by atoms with Gasteiger partial charge in [-0.2, -0.15) is 0 Å². The molecule has 3 fully saturated rings. The molecule has 0 aromatic heterocycles. The summed E-state index contributed by atoms with van der Waals surface area (Å²) >= 11 is 0. The van der Waals surface area contributed by atoms with Crippen LogP contribution in [0.2, 0.25) is 0 Å². The van der Waals surface area contributed by atoms with E-state index in [1.54, 1.807) is 27.7 Å². The van der Waals surface area contributed by atoms with Crippen molar-refractivity contribution in [1.82, 2.24) is 0 Å². The zero-order chi connectivity index (χ0) is 17.9. The van der Waals surface area contributed by atoms with Crippen molar-refractivity contribution in [2.75, 3.05) is 7.11 Å². The van der Waals surface area contributed by atoms with Crippen LogP contribution in [0, 0.1) is 0 Å². The molecule has 0 aromatic rings. The van der Waals surface area contributed by atoms with E-state index in [1.165, 1.54) is 7.11 Å². The number of methoxy groups -OCH3 is 1. The number of hydrogen-bond donors (Lipinski definition) is 1. The highest BCUT2D eigenvalue weighted by Crippen LogP contribution is 2.45. The lowest BCUT2D eigenvalue weighted by molar-refractivity contribution is -0.390. The fraction of sp³-hybridized carbons (Fsp3) is 1.00. The minimum absolute atomic E-state index is 0.390. The van der Waals surface area contributed by atoms with Crippen molar-refractivity contribution >= 4 is 0 Å². The number of hydrogen-bond acceptors (Lipinski definition) is 8. The van der Waals surface area contributed by atoms with Crippen molar-refractivity contribution in [2.45, 2.75) is 95.9 Å². The van der Waals surface area contributed by atoms with Crippen LogP contribution in [-0.4, -0.2) is 66.6 Å². The first kappa shape index (κ1) is 18.5. The highest BCUT2D eigenvalue weighted by atomic mass is 16.9. The van der Waals surface area contributed by atoms with Gasteiger partial charge in [-0.25, -0.2) is 0 Å². The van der Waals surface area contributed by atoms with E-state index in [-0.39, 0.29) is 0 Å². The highest BCUT2D eigenvalue weighted by Gasteiger charge is 2.62. The molecule has 1 unspecified atom stereocenters. The fourth-order valence-corrected chi connectivity index (χ4v) is 3.28. The van der Waals surface area contributed by atoms with E-state index < -0.39 is 54.4 Å². The molecule has 8 heteroatoms. The summed E-state index contributed by atoms with van der Waals surface area (Å²) in [6, 6.07) is 0. The van der Waals surface area contributed by atoms with Gasteiger partial charge in [0.2, 0.25) is 0 Å². The van der Waals surface area contributed by atoms with Crippen molar-refractivity contribution in [2.24, 2.45) is 0 Å². The van der Waals surface area contributed by atoms with Crippen molar-refractivity contribution in [1.29, 1.82) is 0 Å². The zero-order valence-corrected chi connectivity index (χ0v) is 15.3. The molecule has 0 aromatic carbocycles. The van der Waals surface area contributed by atoms with Crippen LogP contribution in [0.15, 0.2) is 0 Å². The van der Waals surface area contributed by atoms with Gasteiger partial charge >= 0.3 is 0 Å². The molecule has 140 valence electrons. The Kier molecular flexibility index (Phi) is 4.50. The van der Waals surface area contributed by atoms with Gasteiger partial charge in [0, 0.05) is 7.11 Å². The summed E-state index contributed by atoms with van der Waals surface area (Å²) < 4.78 is 40.2. The number of aliphatic hydroxyl groups is 1. The topological polar surface area (TPSA) is 84.8 Å². The van der Waals surface area contributed by atoms with Crippen LogP contribution in [0.25, 0.3) is 0 Å². The van der Waals surface area contributed by atoms with E-state index in [0.717, 1.165) is 0 Å². The third-order valence-corrected chi connectivity index (χ3v) is 4.37. The maximum atomic E-state index is 10.5. The first-order chi connectivity index (χ1) is 10.9. The van der Waals surface area contributed by atoms with Crippen LogP contribution in [0.1, 0.15) is 41.5 Å². The van der Waals surface area contributed by atoms with Crippen molar-refractivity contribution in [3.05, 3.63) is 0 Å². The molecule has 6 atom stereocenters. The lowest BCUT2D eigenvalue weighted by Crippen LogP contribution is -2.60. The molecular weight excluding hydrogens is 320 g/mol. The normalized spacial score (nSPS) is 41.8. The first-order valence-electron chi connectivity index (χ1n) is 8.21. The molecule has 3 saturated heterocycles. The average molecular weight is 348 g/mol. The standard InChI is InChI=1S/C16H28O8/c1-14(2,18-7)23-12(17)10-8-9(20-15(3,4)21-10)11-13(19-8)24-16(5,6)22-11/h8-13,17H,1-7H3/t8-,9-,10+,11+,12?,13+/m0/s1. The molecule has 3 aliphatic heterocycles. The Morgan fingerprint density at radius 2 is 1.50 bits per heavy atom. The number of ether oxygens (including phenoxy) is 7. The van der Waals surface area contributed by atoms with Crippen LogP contribution >= 0.6 is 0 Å². The minimum Gasteiger partial charge on any atom is -0.366 e. The molecule has 3 rings (SSSR count). The summed E-state index contributed by atoms with van der Waals surface area (Å²) in [6.45, 7) is 10.6. The Morgan fingerprint density at radius 3 is 2.12 bits per heavy atom. The van der Waals surface area contributed by atoms with E-state index in [9.17, 15) is 5.11 Å². The fourth-order valence-electron chi connectivity index (χ4n) is 3.28. The Morgan fingerprint density at radius 1 is 0.917 bits per heavy atom. The largest absolute Gasteiger partial charge is 0.366 e. The molecule has 24 heavy (non-hydrogen) atoms. The Bertz CT molecular complexity index is 477. The van der Waals surface area contributed by atoms with Gasteiger partial charge in [-0.15, -0.1) is 0 Å². The molecule has 0 radical (unpaired) electrons. The van der Waals surface area contributed by atoms with Crippen molar-refractivity contribution in [3.8, 4) is 0 Å². The van der Waals surface area contributed by atoms with Gasteiger partial charge in [-0.1, -0.05) is 0 Å². The quantitative estimate of drug-likeness (QED) is 0.756. The molecular formula is C16H28O8. The predicted octanol–water partition coefficient (Wildman–Crippen LogP) is 1.10. The first-order valence-corrected chi connectivity index (χ1v) is 8.21. The summed E-state index contributed by atoms with van der Waals surface area (Å²) in [4.78, 5) is 0. The van der Waals surface area contributed by atoms with Gasteiger partial charge in [-0.3, -0.25) is 0 Å². The van der Waals surface area contributed by atoms with Gasteiger partial charge in [0.15, 0.2) is 29.9 Å². The van der Waals surface area contributed by atoms with Gasteiger partial charge in [0.05, 0.1) is 0 Å². The smallest absolute Gasteiger partial charge is 0.190 e. The van der Waals surface area contributed by atoms with Crippen LogP contribution in [-0.2, 0) is 33.2 Å². The second kappa shape index (κ2) is 5.85. The monoisotopic (exact) mass is 348 g/mol. The molecule has 0 spiro atoms. The van der Waals surface area contributed by atoms with Gasteiger partial charge in [0.25, 0.3) is 0 Å². The Labute approximate surface area is 142 Å². The zero-order valence-electron chi connectivity index (χ0n) is 15.3. The van der Waals surface area contributed by atoms with E-state index in [2.05, 4.69) is 0 Å². The van der Waals surface area contributed by atoms with E-state index >= 15 is 0 Å². The number of aliphatic hydroxyl groups excluding tert-OH is 1. The van der Waals surface area contributed by atoms with Crippen molar-refractivity contribution < 1.29 is 38.3 Å². The third kappa shape index (κ3) is 3.47. The summed E-state index contributed by atoms with van der Waals surface area (Å²) in [6.07, 6.45) is -4.01. The molecule has 0 aliphatic carbocycles. The molecule has 1 N–H and O–H groups in total. The van der Waals surface area contributed by atoms with Crippen LogP contribution in [0.3, 0.4) is 0 Å². The third-order valence-electron chi connectivity index (χ3n) is 4.37.